The summed E-state index contributed by atoms with van der Waals surface area (Å²) in [4.78, 5) is 11.7. The van der Waals surface area contributed by atoms with E-state index in [1.54, 1.807) is 0 Å². The van der Waals surface area contributed by atoms with E-state index in [1.807, 2.05) is 0 Å². The minimum absolute atomic E-state index is 0.115. The van der Waals surface area contributed by atoms with Gasteiger partial charge in [-0.25, -0.2) is 4.39 Å². The predicted octanol–water partition coefficient (Wildman–Crippen LogP) is 1.21. The maximum Gasteiger partial charge on any atom is 0.315 e. The molecule has 0 atom stereocenters. The van der Waals surface area contributed by atoms with Crippen LogP contribution in [-0.4, -0.2) is 36.5 Å². The van der Waals surface area contributed by atoms with Gasteiger partial charge in [0.1, 0.15) is 6.17 Å². The van der Waals surface area contributed by atoms with Gasteiger partial charge in [-0.15, -0.1) is 0 Å². The molecule has 0 aromatic rings. The first-order chi connectivity index (χ1) is 5.61. The van der Waals surface area contributed by atoms with Gasteiger partial charge in [-0.1, -0.05) is 0 Å². The fourth-order valence-corrected chi connectivity index (χ4v) is 1.21. The summed E-state index contributed by atoms with van der Waals surface area (Å²) >= 11 is 0. The Kier molecular flexibility index (Phi) is 2.94. The van der Waals surface area contributed by atoms with E-state index in [1.165, 1.54) is 0 Å². The highest BCUT2D eigenvalue weighted by Gasteiger charge is 2.27. The Balaban J connectivity index is 2.39. The topological polar surface area (TPSA) is 20.3 Å². The van der Waals surface area contributed by atoms with Gasteiger partial charge < -0.3 is 4.90 Å². The van der Waals surface area contributed by atoms with Crippen molar-refractivity contribution >= 4 is 5.91 Å². The van der Waals surface area contributed by atoms with Gasteiger partial charge in [-0.3, -0.25) is 4.79 Å². The molecule has 0 N–H and O–H groups in total. The molecular formula is C7H10F3NO. The lowest BCUT2D eigenvalue weighted by Gasteiger charge is -2.28. The number of carbonyl (C=O) groups is 1. The van der Waals surface area contributed by atoms with Gasteiger partial charge in [-0.05, 0) is 12.8 Å². The maximum absolute atomic E-state index is 12.5. The molecule has 2 nitrogen and oxygen atoms in total. The lowest BCUT2D eigenvalue weighted by atomic mass is 10.1. The van der Waals surface area contributed by atoms with Gasteiger partial charge in [0.25, 0.3) is 5.91 Å². The number of carbonyl (C=O) groups excluding carboxylic acids is 1. The monoisotopic (exact) mass is 181 g/mol. The molecule has 1 amide bonds. The molecule has 1 rings (SSSR count). The molecule has 1 aliphatic rings. The molecule has 70 valence electrons. The van der Waals surface area contributed by atoms with Crippen molar-refractivity contribution in [2.45, 2.75) is 25.4 Å². The Labute approximate surface area is 68.3 Å². The SMILES string of the molecule is O=C(C(F)F)N1CCC(F)CC1. The summed E-state index contributed by atoms with van der Waals surface area (Å²) in [5.41, 5.74) is 0. The highest BCUT2D eigenvalue weighted by molar-refractivity contribution is 5.79. The van der Waals surface area contributed by atoms with Gasteiger partial charge in [0, 0.05) is 13.1 Å². The summed E-state index contributed by atoms with van der Waals surface area (Å²) in [5.74, 6) is -1.18. The first-order valence-corrected chi connectivity index (χ1v) is 3.82. The van der Waals surface area contributed by atoms with Crippen molar-refractivity contribution in [3.05, 3.63) is 0 Å². The Bertz CT molecular complexity index is 166. The number of hydrogen-bond donors (Lipinski definition) is 0. The van der Waals surface area contributed by atoms with Crippen LogP contribution in [0, 0.1) is 0 Å². The van der Waals surface area contributed by atoms with Crippen LogP contribution in [0.1, 0.15) is 12.8 Å². The second kappa shape index (κ2) is 3.78. The van der Waals surface area contributed by atoms with Crippen molar-refractivity contribution in [3.8, 4) is 0 Å². The summed E-state index contributed by atoms with van der Waals surface area (Å²) in [6.45, 7) is 0.231. The largest absolute Gasteiger partial charge is 0.338 e. The summed E-state index contributed by atoms with van der Waals surface area (Å²) in [6.07, 6.45) is -3.54. The molecule has 0 radical (unpaired) electrons. The molecule has 0 aliphatic carbocycles. The van der Waals surface area contributed by atoms with Crippen molar-refractivity contribution in [1.29, 1.82) is 0 Å². The zero-order chi connectivity index (χ0) is 9.14. The molecule has 12 heavy (non-hydrogen) atoms. The first-order valence-electron chi connectivity index (χ1n) is 3.82. The second-order valence-corrected chi connectivity index (χ2v) is 2.80. The van der Waals surface area contributed by atoms with E-state index in [9.17, 15) is 18.0 Å². The molecule has 0 aromatic heterocycles. The van der Waals surface area contributed by atoms with Gasteiger partial charge in [0.15, 0.2) is 0 Å². The average Bonchev–Trinajstić information content (AvgIpc) is 2.04. The number of piperidine rings is 1. The molecule has 0 aromatic carbocycles. The number of alkyl halides is 3. The van der Waals surface area contributed by atoms with Crippen LogP contribution in [0.3, 0.4) is 0 Å². The zero-order valence-corrected chi connectivity index (χ0v) is 6.47. The van der Waals surface area contributed by atoms with E-state index in [-0.39, 0.29) is 25.9 Å². The van der Waals surface area contributed by atoms with Crippen LogP contribution in [0.25, 0.3) is 0 Å². The van der Waals surface area contributed by atoms with Crippen molar-refractivity contribution in [2.24, 2.45) is 0 Å². The molecule has 1 aliphatic heterocycles. The zero-order valence-electron chi connectivity index (χ0n) is 6.47. The molecule has 1 saturated heterocycles. The minimum atomic E-state index is -2.96. The number of amides is 1. The van der Waals surface area contributed by atoms with E-state index in [2.05, 4.69) is 0 Å². The third-order valence-corrected chi connectivity index (χ3v) is 1.92. The molecule has 0 unspecified atom stereocenters. The second-order valence-electron chi connectivity index (χ2n) is 2.80. The normalized spacial score (nSPS) is 20.2. The molecule has 1 heterocycles. The fourth-order valence-electron chi connectivity index (χ4n) is 1.21. The van der Waals surface area contributed by atoms with Gasteiger partial charge >= 0.3 is 6.43 Å². The molecule has 0 saturated carbocycles. The van der Waals surface area contributed by atoms with E-state index in [0.29, 0.717) is 0 Å². The lowest BCUT2D eigenvalue weighted by molar-refractivity contribution is -0.144. The standard InChI is InChI=1S/C7H10F3NO/c8-5-1-3-11(4-2-5)7(12)6(9)10/h5-6H,1-4H2. The molecule has 0 bridgehead atoms. The summed E-state index contributed by atoms with van der Waals surface area (Å²) in [6, 6.07) is 0. The predicted molar refractivity (Wildman–Crippen MR) is 36.7 cm³/mol. The quantitative estimate of drug-likeness (QED) is 0.595. The van der Waals surface area contributed by atoms with Gasteiger partial charge in [0.05, 0.1) is 0 Å². The van der Waals surface area contributed by atoms with Crippen LogP contribution in [0.15, 0.2) is 0 Å². The van der Waals surface area contributed by atoms with Gasteiger partial charge in [-0.2, -0.15) is 8.78 Å². The lowest BCUT2D eigenvalue weighted by Crippen LogP contribution is -2.41. The highest BCUT2D eigenvalue weighted by atomic mass is 19.3. The van der Waals surface area contributed by atoms with Crippen molar-refractivity contribution < 1.29 is 18.0 Å². The van der Waals surface area contributed by atoms with Crippen LogP contribution < -0.4 is 0 Å². The summed E-state index contributed by atoms with van der Waals surface area (Å²) < 4.78 is 36.1. The minimum Gasteiger partial charge on any atom is -0.338 e. The molecule has 1 fully saturated rings. The summed E-state index contributed by atoms with van der Waals surface area (Å²) in [5, 5.41) is 0. The highest BCUT2D eigenvalue weighted by Crippen LogP contribution is 2.14. The van der Waals surface area contributed by atoms with Crippen LogP contribution in [-0.2, 0) is 4.79 Å². The first kappa shape index (κ1) is 9.35. The third kappa shape index (κ3) is 2.12. The number of rotatable bonds is 1. The smallest absolute Gasteiger partial charge is 0.315 e. The van der Waals surface area contributed by atoms with Gasteiger partial charge in [0.2, 0.25) is 0 Å². The number of nitrogens with zero attached hydrogens (tertiary/aromatic N) is 1. The molecule has 0 spiro atoms. The van der Waals surface area contributed by atoms with Crippen molar-refractivity contribution in [3.63, 3.8) is 0 Å². The third-order valence-electron chi connectivity index (χ3n) is 1.92. The molecular weight excluding hydrogens is 171 g/mol. The van der Waals surface area contributed by atoms with Crippen LogP contribution in [0.5, 0.6) is 0 Å². The Morgan fingerprint density at radius 3 is 2.25 bits per heavy atom. The maximum atomic E-state index is 12.5. The fraction of sp³-hybridized carbons (Fsp3) is 0.857. The van der Waals surface area contributed by atoms with E-state index >= 15 is 0 Å². The number of likely N-dealkylation sites (tertiary alicyclic amines) is 1. The summed E-state index contributed by atoms with van der Waals surface area (Å²) in [7, 11) is 0. The Morgan fingerprint density at radius 2 is 1.83 bits per heavy atom. The van der Waals surface area contributed by atoms with Crippen LogP contribution in [0.4, 0.5) is 13.2 Å². The van der Waals surface area contributed by atoms with E-state index < -0.39 is 18.5 Å². The average molecular weight is 181 g/mol. The van der Waals surface area contributed by atoms with E-state index in [4.69, 9.17) is 0 Å². The van der Waals surface area contributed by atoms with Crippen LogP contribution >= 0.6 is 0 Å². The van der Waals surface area contributed by atoms with Crippen LogP contribution in [0.2, 0.25) is 0 Å². The number of halogens is 3. The number of hydrogen-bond acceptors (Lipinski definition) is 1. The van der Waals surface area contributed by atoms with E-state index in [0.717, 1.165) is 4.90 Å². The van der Waals surface area contributed by atoms with Crippen molar-refractivity contribution in [2.75, 3.05) is 13.1 Å². The Hall–Kier alpha value is -0.740. The van der Waals surface area contributed by atoms with Crippen molar-refractivity contribution in [1.82, 2.24) is 4.90 Å². The Morgan fingerprint density at radius 1 is 1.33 bits per heavy atom. The molecule has 5 heteroatoms.